The third kappa shape index (κ3) is 5.43. The van der Waals surface area contributed by atoms with E-state index in [4.69, 9.17) is 9.47 Å². The lowest BCUT2D eigenvalue weighted by Crippen LogP contribution is -2.27. The molecule has 0 atom stereocenters. The van der Waals surface area contributed by atoms with Gasteiger partial charge >= 0.3 is 0 Å². The number of halogens is 2. The zero-order valence-corrected chi connectivity index (χ0v) is 21.6. The number of aromatic nitrogens is 5. The normalized spacial score (nSPS) is 11.1. The fourth-order valence-corrected chi connectivity index (χ4v) is 4.13. The van der Waals surface area contributed by atoms with Gasteiger partial charge in [0, 0.05) is 45.6 Å². The molecule has 40 heavy (non-hydrogen) atoms. The van der Waals surface area contributed by atoms with Gasteiger partial charge in [-0.2, -0.15) is 14.9 Å². The first-order valence-electron chi connectivity index (χ1n) is 12.2. The van der Waals surface area contributed by atoms with E-state index in [2.05, 4.69) is 20.3 Å². The number of likely N-dealkylation sites (N-methyl/N-ethyl adjacent to an activating group) is 1. The second-order valence-electron chi connectivity index (χ2n) is 8.90. The molecule has 5 aromatic rings. The van der Waals surface area contributed by atoms with Crippen LogP contribution in [-0.4, -0.2) is 58.1 Å². The fourth-order valence-electron chi connectivity index (χ4n) is 4.13. The van der Waals surface area contributed by atoms with E-state index < -0.39 is 23.0 Å². The Morgan fingerprint density at radius 3 is 2.60 bits per heavy atom. The topological polar surface area (TPSA) is 115 Å². The van der Waals surface area contributed by atoms with Crippen LogP contribution in [0, 0.1) is 11.6 Å². The summed E-state index contributed by atoms with van der Waals surface area (Å²) in [6, 6.07) is 12.2. The largest absolute Gasteiger partial charge is 0.453 e. The predicted octanol–water partition coefficient (Wildman–Crippen LogP) is 4.08. The molecule has 0 saturated carbocycles. The van der Waals surface area contributed by atoms with Crippen molar-refractivity contribution in [2.45, 2.75) is 6.42 Å². The van der Waals surface area contributed by atoms with E-state index in [0.717, 1.165) is 4.68 Å². The molecule has 0 amide bonds. The molecule has 0 aliphatic carbocycles. The number of Topliss-reactive ketones (excluding diaryl/α,β-unsaturated/α-hetero) is 1. The van der Waals surface area contributed by atoms with Crippen molar-refractivity contribution in [3.63, 3.8) is 0 Å². The molecule has 3 aromatic heterocycles. The number of H-pyrrole nitrogens is 1. The van der Waals surface area contributed by atoms with E-state index in [0.29, 0.717) is 47.0 Å². The minimum atomic E-state index is -0.688. The van der Waals surface area contributed by atoms with Crippen LogP contribution in [-0.2, 0) is 11.2 Å². The van der Waals surface area contributed by atoms with Crippen molar-refractivity contribution in [3.8, 4) is 17.2 Å². The first-order chi connectivity index (χ1) is 19.4. The first-order valence-corrected chi connectivity index (χ1v) is 12.2. The Balaban J connectivity index is 1.36. The number of nitrogens with zero attached hydrogens (tertiary/aromatic N) is 5. The van der Waals surface area contributed by atoms with Gasteiger partial charge in [0.25, 0.3) is 5.56 Å². The maximum absolute atomic E-state index is 15.1. The minimum absolute atomic E-state index is 0.0574. The van der Waals surface area contributed by atoms with Crippen LogP contribution in [0.2, 0.25) is 0 Å². The van der Waals surface area contributed by atoms with E-state index in [1.165, 1.54) is 54.9 Å². The smallest absolute Gasteiger partial charge is 0.282 e. The van der Waals surface area contributed by atoms with Gasteiger partial charge in [0.1, 0.15) is 17.0 Å². The Morgan fingerprint density at radius 1 is 1.05 bits per heavy atom. The van der Waals surface area contributed by atoms with Crippen LogP contribution in [0.25, 0.3) is 16.7 Å². The Bertz CT molecular complexity index is 1740. The lowest BCUT2D eigenvalue weighted by molar-refractivity contribution is 0.0991. The van der Waals surface area contributed by atoms with Crippen LogP contribution in [0.3, 0.4) is 0 Å². The molecule has 12 heteroatoms. The second-order valence-corrected chi connectivity index (χ2v) is 8.90. The highest BCUT2D eigenvalue weighted by Gasteiger charge is 2.19. The average Bonchev–Trinajstić information content (AvgIpc) is 3.39. The lowest BCUT2D eigenvalue weighted by Gasteiger charge is -2.17. The molecular weight excluding hydrogens is 522 g/mol. The van der Waals surface area contributed by atoms with Crippen molar-refractivity contribution in [3.05, 3.63) is 100 Å². The summed E-state index contributed by atoms with van der Waals surface area (Å²) in [6.07, 6.45) is 2.60. The SMILES string of the molecule is COCCN(C)c1n[nH]c2nccc(Oc3ccc(CC(=O)c4ccnn(-c5ccc(F)cc5)c4=O)cc3F)c12. The number of carbonyl (C=O) groups is 1. The van der Waals surface area contributed by atoms with E-state index in [9.17, 15) is 14.0 Å². The Morgan fingerprint density at radius 2 is 1.85 bits per heavy atom. The number of ether oxygens (including phenoxy) is 2. The molecule has 0 unspecified atom stereocenters. The van der Waals surface area contributed by atoms with Crippen molar-refractivity contribution < 1.29 is 23.0 Å². The Labute approximate surface area is 226 Å². The molecule has 5 rings (SSSR count). The molecule has 0 aliphatic heterocycles. The van der Waals surface area contributed by atoms with Crippen molar-refractivity contribution in [2.75, 3.05) is 32.2 Å². The number of hydrogen-bond acceptors (Lipinski definition) is 8. The number of methoxy groups -OCH3 is 1. The molecule has 0 fully saturated rings. The molecule has 0 radical (unpaired) electrons. The summed E-state index contributed by atoms with van der Waals surface area (Å²) in [5.74, 6) is -0.814. The third-order valence-corrected chi connectivity index (χ3v) is 6.20. The van der Waals surface area contributed by atoms with Crippen molar-refractivity contribution in [1.82, 2.24) is 25.0 Å². The predicted molar refractivity (Wildman–Crippen MR) is 143 cm³/mol. The molecule has 0 aliphatic rings. The van der Waals surface area contributed by atoms with Crippen LogP contribution in [0.4, 0.5) is 14.6 Å². The highest BCUT2D eigenvalue weighted by atomic mass is 19.1. The summed E-state index contributed by atoms with van der Waals surface area (Å²) in [6.45, 7) is 1.05. The van der Waals surface area contributed by atoms with Gasteiger partial charge in [-0.05, 0) is 48.0 Å². The van der Waals surface area contributed by atoms with Crippen LogP contribution in [0.5, 0.6) is 11.5 Å². The van der Waals surface area contributed by atoms with E-state index in [1.54, 1.807) is 19.2 Å². The summed E-state index contributed by atoms with van der Waals surface area (Å²) in [5, 5.41) is 11.7. The van der Waals surface area contributed by atoms with Crippen LogP contribution >= 0.6 is 0 Å². The van der Waals surface area contributed by atoms with Crippen molar-refractivity contribution in [1.29, 1.82) is 0 Å². The molecule has 0 spiro atoms. The van der Waals surface area contributed by atoms with Gasteiger partial charge in [0.2, 0.25) is 0 Å². The molecule has 10 nitrogen and oxygen atoms in total. The number of fused-ring (bicyclic) bond motifs is 1. The molecule has 0 saturated heterocycles. The Kier molecular flexibility index (Phi) is 7.60. The molecule has 3 heterocycles. The highest BCUT2D eigenvalue weighted by molar-refractivity contribution is 5.97. The molecule has 0 bridgehead atoms. The number of ketones is 1. The monoisotopic (exact) mass is 546 g/mol. The number of pyridine rings is 1. The fraction of sp³-hybridized carbons (Fsp3) is 0.179. The van der Waals surface area contributed by atoms with Gasteiger partial charge in [-0.3, -0.25) is 14.7 Å². The zero-order valence-electron chi connectivity index (χ0n) is 21.6. The summed E-state index contributed by atoms with van der Waals surface area (Å²) < 4.78 is 40.4. The molecular formula is C28H24F2N6O4. The molecule has 1 N–H and O–H groups in total. The lowest BCUT2D eigenvalue weighted by atomic mass is 10.0. The summed E-state index contributed by atoms with van der Waals surface area (Å²) >= 11 is 0. The number of aromatic amines is 1. The first kappa shape index (κ1) is 26.6. The summed E-state index contributed by atoms with van der Waals surface area (Å²) in [4.78, 5) is 32.0. The van der Waals surface area contributed by atoms with Crippen LogP contribution in [0.1, 0.15) is 15.9 Å². The van der Waals surface area contributed by atoms with Crippen LogP contribution < -0.4 is 15.2 Å². The molecule has 2 aromatic carbocycles. The van der Waals surface area contributed by atoms with Crippen molar-refractivity contribution in [2.24, 2.45) is 0 Å². The van der Waals surface area contributed by atoms with E-state index >= 15 is 4.39 Å². The van der Waals surface area contributed by atoms with E-state index in [-0.39, 0.29) is 17.7 Å². The van der Waals surface area contributed by atoms with Gasteiger partial charge in [0.15, 0.2) is 28.8 Å². The number of carbonyl (C=O) groups excluding carboxylic acids is 1. The van der Waals surface area contributed by atoms with Gasteiger partial charge in [-0.1, -0.05) is 6.07 Å². The summed E-state index contributed by atoms with van der Waals surface area (Å²) in [7, 11) is 3.45. The third-order valence-electron chi connectivity index (χ3n) is 6.20. The number of rotatable bonds is 10. The quantitative estimate of drug-likeness (QED) is 0.261. The van der Waals surface area contributed by atoms with Gasteiger partial charge in [-0.15, -0.1) is 0 Å². The maximum Gasteiger partial charge on any atom is 0.282 e. The Hall–Kier alpha value is -4.97. The van der Waals surface area contributed by atoms with Gasteiger partial charge in [-0.25, -0.2) is 13.8 Å². The maximum atomic E-state index is 15.1. The van der Waals surface area contributed by atoms with Gasteiger partial charge in [0.05, 0.1) is 17.9 Å². The minimum Gasteiger partial charge on any atom is -0.453 e. The van der Waals surface area contributed by atoms with E-state index in [1.807, 2.05) is 11.9 Å². The summed E-state index contributed by atoms with van der Waals surface area (Å²) in [5.41, 5.74) is 0.354. The number of nitrogens with one attached hydrogen (secondary N) is 1. The number of anilines is 1. The average molecular weight is 547 g/mol. The van der Waals surface area contributed by atoms with Crippen molar-refractivity contribution >= 4 is 22.6 Å². The highest BCUT2D eigenvalue weighted by Crippen LogP contribution is 2.35. The number of benzene rings is 2. The molecule has 204 valence electrons. The van der Waals surface area contributed by atoms with Gasteiger partial charge < -0.3 is 14.4 Å². The standard InChI is InChI=1S/C28H24F2N6O4/c1-35(13-14-39-2)27-25-24(10-11-31-26(25)33-34-27)40-23-8-3-17(15-21(23)30)16-22(37)20-9-12-32-36(28(20)38)19-6-4-18(29)5-7-19/h3-12,15H,13-14,16H2,1-2H3,(H,31,33,34). The number of hydrogen-bond donors (Lipinski definition) is 1. The zero-order chi connectivity index (χ0) is 28.2. The second kappa shape index (κ2) is 11.4. The van der Waals surface area contributed by atoms with Crippen LogP contribution in [0.15, 0.2) is 71.8 Å².